The van der Waals surface area contributed by atoms with Gasteiger partial charge < -0.3 is 15.0 Å². The number of nitrogens with one attached hydrogen (secondary N) is 1. The Bertz CT molecular complexity index is 791. The third-order valence-electron chi connectivity index (χ3n) is 4.84. The molecule has 2 heterocycles. The Morgan fingerprint density at radius 3 is 2.52 bits per heavy atom. The molecule has 1 saturated heterocycles. The SMILES string of the molecule is O=C1N[C@@H](COCc2ccccc2)C(=O)N2Cc3ccccc3C[C@H]12. The van der Waals surface area contributed by atoms with Crippen molar-refractivity contribution in [3.8, 4) is 0 Å². The Morgan fingerprint density at radius 2 is 1.72 bits per heavy atom. The van der Waals surface area contributed by atoms with Crippen molar-refractivity contribution in [1.82, 2.24) is 10.2 Å². The fraction of sp³-hybridized carbons (Fsp3) is 0.300. The van der Waals surface area contributed by atoms with Gasteiger partial charge in [-0.3, -0.25) is 9.59 Å². The van der Waals surface area contributed by atoms with Crippen molar-refractivity contribution in [2.24, 2.45) is 0 Å². The Balaban J connectivity index is 1.43. The molecule has 2 aliphatic rings. The Labute approximate surface area is 146 Å². The topological polar surface area (TPSA) is 58.6 Å². The number of hydrogen-bond donors (Lipinski definition) is 1. The summed E-state index contributed by atoms with van der Waals surface area (Å²) in [5.41, 5.74) is 3.30. The highest BCUT2D eigenvalue weighted by Gasteiger charge is 2.42. The van der Waals surface area contributed by atoms with Crippen molar-refractivity contribution in [3.05, 3.63) is 71.3 Å². The van der Waals surface area contributed by atoms with E-state index in [4.69, 9.17) is 4.74 Å². The molecule has 2 amide bonds. The van der Waals surface area contributed by atoms with Crippen LogP contribution in [0.2, 0.25) is 0 Å². The highest BCUT2D eigenvalue weighted by atomic mass is 16.5. The van der Waals surface area contributed by atoms with Crippen molar-refractivity contribution < 1.29 is 14.3 Å². The monoisotopic (exact) mass is 336 g/mol. The summed E-state index contributed by atoms with van der Waals surface area (Å²) in [6, 6.07) is 16.7. The number of nitrogens with zero attached hydrogens (tertiary/aromatic N) is 1. The van der Waals surface area contributed by atoms with Gasteiger partial charge in [-0.15, -0.1) is 0 Å². The van der Waals surface area contributed by atoms with E-state index in [1.54, 1.807) is 4.90 Å². The number of piperazine rings is 1. The summed E-state index contributed by atoms with van der Waals surface area (Å²) in [4.78, 5) is 26.9. The lowest BCUT2D eigenvalue weighted by molar-refractivity contribution is -0.152. The molecule has 128 valence electrons. The number of fused-ring (bicyclic) bond motifs is 2. The van der Waals surface area contributed by atoms with Gasteiger partial charge in [0.05, 0.1) is 13.2 Å². The smallest absolute Gasteiger partial charge is 0.248 e. The molecule has 0 aromatic heterocycles. The zero-order valence-electron chi connectivity index (χ0n) is 13.9. The predicted octanol–water partition coefficient (Wildman–Crippen LogP) is 1.66. The largest absolute Gasteiger partial charge is 0.374 e. The minimum atomic E-state index is -0.613. The van der Waals surface area contributed by atoms with E-state index < -0.39 is 12.1 Å². The third-order valence-corrected chi connectivity index (χ3v) is 4.84. The first-order valence-electron chi connectivity index (χ1n) is 8.51. The molecule has 1 N–H and O–H groups in total. The van der Waals surface area contributed by atoms with E-state index in [1.165, 1.54) is 0 Å². The van der Waals surface area contributed by atoms with Gasteiger partial charge in [0.15, 0.2) is 0 Å². The van der Waals surface area contributed by atoms with Crippen LogP contribution in [-0.2, 0) is 33.9 Å². The van der Waals surface area contributed by atoms with Gasteiger partial charge in [0.1, 0.15) is 12.1 Å². The van der Waals surface area contributed by atoms with Gasteiger partial charge in [-0.25, -0.2) is 0 Å². The highest BCUT2D eigenvalue weighted by molar-refractivity contribution is 5.97. The summed E-state index contributed by atoms with van der Waals surface area (Å²) >= 11 is 0. The van der Waals surface area contributed by atoms with Crippen molar-refractivity contribution in [2.45, 2.75) is 31.7 Å². The summed E-state index contributed by atoms with van der Waals surface area (Å²) in [5.74, 6) is -0.158. The molecular weight excluding hydrogens is 316 g/mol. The number of carbonyl (C=O) groups excluding carboxylic acids is 2. The van der Waals surface area contributed by atoms with Crippen LogP contribution >= 0.6 is 0 Å². The molecule has 2 aromatic rings. The van der Waals surface area contributed by atoms with Crippen LogP contribution in [-0.4, -0.2) is 35.4 Å². The summed E-state index contributed by atoms with van der Waals surface area (Å²) in [6.07, 6.45) is 0.575. The van der Waals surface area contributed by atoms with E-state index in [2.05, 4.69) is 5.32 Å². The van der Waals surface area contributed by atoms with Gasteiger partial charge in [0.25, 0.3) is 0 Å². The van der Waals surface area contributed by atoms with Gasteiger partial charge in [0.2, 0.25) is 11.8 Å². The molecule has 4 rings (SSSR count). The van der Waals surface area contributed by atoms with Gasteiger partial charge in [-0.05, 0) is 16.7 Å². The highest BCUT2D eigenvalue weighted by Crippen LogP contribution is 2.26. The van der Waals surface area contributed by atoms with Crippen LogP contribution in [0.5, 0.6) is 0 Å². The number of hydrogen-bond acceptors (Lipinski definition) is 3. The molecule has 0 unspecified atom stereocenters. The van der Waals surface area contributed by atoms with Crippen molar-refractivity contribution >= 4 is 11.8 Å². The Morgan fingerprint density at radius 1 is 1.00 bits per heavy atom. The van der Waals surface area contributed by atoms with Crippen LogP contribution in [0.15, 0.2) is 54.6 Å². The minimum Gasteiger partial charge on any atom is -0.374 e. The second kappa shape index (κ2) is 6.69. The lowest BCUT2D eigenvalue weighted by atomic mass is 9.91. The fourth-order valence-corrected chi connectivity index (χ4v) is 3.50. The van der Waals surface area contributed by atoms with E-state index in [0.29, 0.717) is 19.6 Å². The van der Waals surface area contributed by atoms with E-state index >= 15 is 0 Å². The molecule has 0 radical (unpaired) electrons. The van der Waals surface area contributed by atoms with Crippen LogP contribution in [0.3, 0.4) is 0 Å². The zero-order chi connectivity index (χ0) is 17.2. The Kier molecular flexibility index (Phi) is 4.24. The first-order chi connectivity index (χ1) is 12.2. The maximum absolute atomic E-state index is 12.8. The average molecular weight is 336 g/mol. The summed E-state index contributed by atoms with van der Waals surface area (Å²) in [6.45, 7) is 1.10. The number of benzene rings is 2. The lowest BCUT2D eigenvalue weighted by Crippen LogP contribution is -2.65. The number of rotatable bonds is 4. The number of carbonyl (C=O) groups is 2. The van der Waals surface area contributed by atoms with E-state index in [1.807, 2.05) is 54.6 Å². The average Bonchev–Trinajstić information content (AvgIpc) is 2.65. The fourth-order valence-electron chi connectivity index (χ4n) is 3.50. The van der Waals surface area contributed by atoms with Crippen molar-refractivity contribution in [2.75, 3.05) is 6.61 Å². The molecule has 2 aliphatic heterocycles. The second-order valence-corrected chi connectivity index (χ2v) is 6.52. The summed E-state index contributed by atoms with van der Waals surface area (Å²) in [5, 5.41) is 2.83. The first-order valence-corrected chi connectivity index (χ1v) is 8.51. The quantitative estimate of drug-likeness (QED) is 0.924. The van der Waals surface area contributed by atoms with Crippen LogP contribution in [0.25, 0.3) is 0 Å². The standard InChI is InChI=1S/C20H20N2O3/c23-19-18-10-15-8-4-5-9-16(15)11-22(18)20(24)17(21-19)13-25-12-14-6-2-1-3-7-14/h1-9,17-18H,10-13H2,(H,21,23)/t17-,18+/m0/s1. The lowest BCUT2D eigenvalue weighted by Gasteiger charge is -2.42. The van der Waals surface area contributed by atoms with E-state index in [0.717, 1.165) is 16.7 Å². The van der Waals surface area contributed by atoms with Crippen LogP contribution in [0.4, 0.5) is 0 Å². The molecular formula is C20H20N2O3. The molecule has 5 heteroatoms. The molecule has 0 bridgehead atoms. The normalized spacial score (nSPS) is 22.2. The summed E-state index contributed by atoms with van der Waals surface area (Å²) in [7, 11) is 0. The molecule has 5 nitrogen and oxygen atoms in total. The van der Waals surface area contributed by atoms with Crippen LogP contribution < -0.4 is 5.32 Å². The van der Waals surface area contributed by atoms with Gasteiger partial charge in [0, 0.05) is 13.0 Å². The number of ether oxygens (including phenoxy) is 1. The van der Waals surface area contributed by atoms with E-state index in [9.17, 15) is 9.59 Å². The van der Waals surface area contributed by atoms with Gasteiger partial charge >= 0.3 is 0 Å². The number of amides is 2. The minimum absolute atomic E-state index is 0.0628. The van der Waals surface area contributed by atoms with Gasteiger partial charge in [-0.2, -0.15) is 0 Å². The maximum Gasteiger partial charge on any atom is 0.248 e. The molecule has 0 aliphatic carbocycles. The van der Waals surface area contributed by atoms with Crippen molar-refractivity contribution in [1.29, 1.82) is 0 Å². The van der Waals surface area contributed by atoms with Gasteiger partial charge in [-0.1, -0.05) is 54.6 Å². The molecule has 2 atom stereocenters. The molecule has 2 aromatic carbocycles. The van der Waals surface area contributed by atoms with Crippen molar-refractivity contribution in [3.63, 3.8) is 0 Å². The van der Waals surface area contributed by atoms with Crippen LogP contribution in [0, 0.1) is 0 Å². The third kappa shape index (κ3) is 3.15. The maximum atomic E-state index is 12.8. The molecule has 0 saturated carbocycles. The molecule has 1 fully saturated rings. The summed E-state index contributed by atoms with van der Waals surface area (Å²) < 4.78 is 5.66. The zero-order valence-corrected chi connectivity index (χ0v) is 13.9. The van der Waals surface area contributed by atoms with Crippen LogP contribution in [0.1, 0.15) is 16.7 Å². The molecule has 0 spiro atoms. The second-order valence-electron chi connectivity index (χ2n) is 6.52. The molecule has 25 heavy (non-hydrogen) atoms. The van der Waals surface area contributed by atoms with E-state index in [-0.39, 0.29) is 18.4 Å². The Hall–Kier alpha value is -2.66. The first kappa shape index (κ1) is 15.8. The predicted molar refractivity (Wildman–Crippen MR) is 92.5 cm³/mol.